The molecule has 12 nitrogen and oxygen atoms in total. The predicted molar refractivity (Wildman–Crippen MR) is 164 cm³/mol. The zero-order valence-electron chi connectivity index (χ0n) is 25.6. The lowest BCUT2D eigenvalue weighted by atomic mass is 10.2. The molecule has 0 saturated heterocycles. The van der Waals surface area contributed by atoms with Crippen molar-refractivity contribution in [3.05, 3.63) is 36.2 Å². The second kappa shape index (κ2) is 15.0. The van der Waals surface area contributed by atoms with E-state index in [1.807, 2.05) is 36.1 Å². The number of likely N-dealkylation sites (N-methyl/N-ethyl adjacent to an activating group) is 1. The molecule has 0 aliphatic rings. The minimum atomic E-state index is -0.659. The number of unbranched alkanes of at least 4 members (excludes halogenated alkanes) is 1. The molecule has 2 amide bonds. The molecule has 42 heavy (non-hydrogen) atoms. The van der Waals surface area contributed by atoms with Crippen molar-refractivity contribution in [2.24, 2.45) is 7.05 Å². The summed E-state index contributed by atoms with van der Waals surface area (Å²) < 4.78 is 12.3. The number of benzene rings is 1. The number of aryl methyl sites for hydroxylation is 1. The van der Waals surface area contributed by atoms with E-state index < -0.39 is 17.7 Å². The van der Waals surface area contributed by atoms with Crippen LogP contribution in [0.4, 0.5) is 22.2 Å². The van der Waals surface area contributed by atoms with Crippen LogP contribution >= 0.6 is 0 Å². The fourth-order valence-electron chi connectivity index (χ4n) is 3.80. The van der Waals surface area contributed by atoms with Gasteiger partial charge in [0.05, 0.1) is 23.5 Å². The lowest BCUT2D eigenvalue weighted by Gasteiger charge is -2.28. The minimum Gasteiger partial charge on any atom is -0.444 e. The highest BCUT2D eigenvalue weighted by atomic mass is 16.6. The van der Waals surface area contributed by atoms with Gasteiger partial charge in [-0.05, 0) is 58.7 Å². The lowest BCUT2D eigenvalue weighted by molar-refractivity contribution is -0.125. The summed E-state index contributed by atoms with van der Waals surface area (Å²) in [5, 5.41) is 14.8. The summed E-state index contributed by atoms with van der Waals surface area (Å²) in [4.78, 5) is 35.1. The molecule has 0 aliphatic heterocycles. The first-order chi connectivity index (χ1) is 20.0. The molecule has 0 spiro atoms. The summed E-state index contributed by atoms with van der Waals surface area (Å²) in [5.41, 5.74) is 1.90. The molecule has 0 aliphatic carbocycles. The van der Waals surface area contributed by atoms with Gasteiger partial charge in [-0.15, -0.1) is 0 Å². The molecular weight excluding hydrogens is 536 g/mol. The van der Waals surface area contributed by atoms with E-state index in [0.717, 1.165) is 23.0 Å². The molecular formula is C30H42N8O4. The number of carbonyl (C=O) groups is 2. The number of rotatable bonds is 12. The first-order valence-electron chi connectivity index (χ1n) is 14.0. The highest BCUT2D eigenvalue weighted by molar-refractivity contribution is 5.85. The molecule has 2 heterocycles. The van der Waals surface area contributed by atoms with Gasteiger partial charge in [0.15, 0.2) is 0 Å². The maximum absolute atomic E-state index is 12.5. The molecule has 3 rings (SSSR count). The predicted octanol–water partition coefficient (Wildman–Crippen LogP) is 4.06. The van der Waals surface area contributed by atoms with Crippen LogP contribution in [0.15, 0.2) is 30.6 Å². The van der Waals surface area contributed by atoms with Crippen molar-refractivity contribution < 1.29 is 19.1 Å². The van der Waals surface area contributed by atoms with E-state index in [1.54, 1.807) is 48.0 Å². The van der Waals surface area contributed by atoms with Crippen molar-refractivity contribution >= 4 is 40.4 Å². The highest BCUT2D eigenvalue weighted by Crippen LogP contribution is 2.22. The Balaban J connectivity index is 1.57. The van der Waals surface area contributed by atoms with E-state index in [-0.39, 0.29) is 5.91 Å². The van der Waals surface area contributed by atoms with Crippen LogP contribution in [0.5, 0.6) is 0 Å². The van der Waals surface area contributed by atoms with E-state index in [0.29, 0.717) is 49.9 Å². The molecule has 226 valence electrons. The maximum Gasteiger partial charge on any atom is 0.410 e. The first kappa shape index (κ1) is 32.1. The summed E-state index contributed by atoms with van der Waals surface area (Å²) in [5.74, 6) is 7.12. The molecule has 12 heteroatoms. The summed E-state index contributed by atoms with van der Waals surface area (Å²) in [7, 11) is 5.12. The number of nitrogens with one attached hydrogen (secondary N) is 3. The summed E-state index contributed by atoms with van der Waals surface area (Å²) in [6.45, 7) is 8.75. The van der Waals surface area contributed by atoms with Crippen molar-refractivity contribution in [2.75, 3.05) is 44.5 Å². The number of hydrogen-bond donors (Lipinski definition) is 3. The average Bonchev–Trinajstić information content (AvgIpc) is 3.31. The second-order valence-electron chi connectivity index (χ2n) is 10.9. The number of fused-ring (bicyclic) bond motifs is 1. The van der Waals surface area contributed by atoms with Crippen LogP contribution in [0.3, 0.4) is 0 Å². The van der Waals surface area contributed by atoms with Crippen molar-refractivity contribution in [1.82, 2.24) is 30.0 Å². The zero-order chi connectivity index (χ0) is 30.7. The number of carbonyl (C=O) groups excluding carboxylic acids is 2. The minimum absolute atomic E-state index is 0.252. The molecule has 1 aromatic carbocycles. The Labute approximate surface area is 247 Å². The molecule has 0 radical (unpaired) electrons. The summed E-state index contributed by atoms with van der Waals surface area (Å²) in [6, 6.07) is 5.30. The van der Waals surface area contributed by atoms with Crippen molar-refractivity contribution in [2.45, 2.75) is 58.6 Å². The monoisotopic (exact) mass is 578 g/mol. The maximum atomic E-state index is 12.5. The van der Waals surface area contributed by atoms with Gasteiger partial charge >= 0.3 is 6.09 Å². The molecule has 0 unspecified atom stereocenters. The van der Waals surface area contributed by atoms with Gasteiger partial charge < -0.3 is 25.4 Å². The number of hydrogen-bond acceptors (Lipinski definition) is 9. The Kier molecular flexibility index (Phi) is 11.5. The van der Waals surface area contributed by atoms with Gasteiger partial charge in [0.2, 0.25) is 11.9 Å². The number of methoxy groups -OCH3 is 1. The SMILES string of the molecule is COCCCNc1nc(Nc2ccc3cnn(C)c3c2)ncc1C#CCCCNC(=O)[C@H](C)N(C)C(=O)OC(C)(C)C. The lowest BCUT2D eigenvalue weighted by Crippen LogP contribution is -2.47. The quantitative estimate of drug-likeness (QED) is 0.215. The van der Waals surface area contributed by atoms with Crippen molar-refractivity contribution in [1.29, 1.82) is 0 Å². The largest absolute Gasteiger partial charge is 0.444 e. The van der Waals surface area contributed by atoms with Gasteiger partial charge in [-0.1, -0.05) is 11.8 Å². The smallest absolute Gasteiger partial charge is 0.410 e. The zero-order valence-corrected chi connectivity index (χ0v) is 25.6. The standard InChI is InChI=1S/C30H42N8O4/c1-21(37(5)29(40)42-30(2,3)4)27(39)32-15-10-8-9-12-23-19-33-28(36-26(23)31-16-11-17-41-7)35-24-14-13-22-20-34-38(6)25(22)18-24/h13-14,18-21H,8,10-11,15-17H2,1-7H3,(H,32,39)(H2,31,33,35,36)/t21-/m0/s1. The van der Waals surface area contributed by atoms with E-state index in [1.165, 1.54) is 4.90 Å². The third-order valence-corrected chi connectivity index (χ3v) is 6.25. The number of aromatic nitrogens is 4. The normalized spacial score (nSPS) is 11.8. The van der Waals surface area contributed by atoms with E-state index in [4.69, 9.17) is 9.47 Å². The average molecular weight is 579 g/mol. The molecule has 0 saturated carbocycles. The molecule has 2 aromatic heterocycles. The van der Waals surface area contributed by atoms with Crippen molar-refractivity contribution in [3.63, 3.8) is 0 Å². The Morgan fingerprint density at radius 1 is 1.17 bits per heavy atom. The van der Waals surface area contributed by atoms with Crippen LogP contribution in [-0.4, -0.2) is 82.1 Å². The fraction of sp³-hybridized carbons (Fsp3) is 0.500. The van der Waals surface area contributed by atoms with Crippen LogP contribution in [0.1, 0.15) is 52.5 Å². The Morgan fingerprint density at radius 2 is 1.95 bits per heavy atom. The van der Waals surface area contributed by atoms with Gasteiger partial charge in [0.25, 0.3) is 0 Å². The van der Waals surface area contributed by atoms with E-state index in [2.05, 4.69) is 42.9 Å². The van der Waals surface area contributed by atoms with Gasteiger partial charge in [0.1, 0.15) is 17.5 Å². The third kappa shape index (κ3) is 9.62. The highest BCUT2D eigenvalue weighted by Gasteiger charge is 2.26. The Morgan fingerprint density at radius 3 is 2.69 bits per heavy atom. The molecule has 1 atom stereocenters. The van der Waals surface area contributed by atoms with Gasteiger partial charge in [-0.25, -0.2) is 9.78 Å². The van der Waals surface area contributed by atoms with Crippen LogP contribution < -0.4 is 16.0 Å². The van der Waals surface area contributed by atoms with Crippen LogP contribution in [0.25, 0.3) is 10.9 Å². The van der Waals surface area contributed by atoms with Gasteiger partial charge in [0, 0.05) is 58.4 Å². The van der Waals surface area contributed by atoms with Crippen molar-refractivity contribution in [3.8, 4) is 11.8 Å². The van der Waals surface area contributed by atoms with Gasteiger partial charge in [-0.2, -0.15) is 10.1 Å². The molecule has 3 aromatic rings. The summed E-state index contributed by atoms with van der Waals surface area (Å²) >= 11 is 0. The number of amides is 2. The Hall–Kier alpha value is -4.37. The van der Waals surface area contributed by atoms with E-state index >= 15 is 0 Å². The topological polar surface area (TPSA) is 136 Å². The third-order valence-electron chi connectivity index (χ3n) is 6.25. The summed E-state index contributed by atoms with van der Waals surface area (Å²) in [6.07, 6.45) is 5.00. The van der Waals surface area contributed by atoms with E-state index in [9.17, 15) is 9.59 Å². The first-order valence-corrected chi connectivity index (χ1v) is 14.0. The molecule has 3 N–H and O–H groups in total. The Bertz CT molecular complexity index is 1420. The van der Waals surface area contributed by atoms with Crippen LogP contribution in [0.2, 0.25) is 0 Å². The van der Waals surface area contributed by atoms with Crippen LogP contribution in [0, 0.1) is 11.8 Å². The second-order valence-corrected chi connectivity index (χ2v) is 10.9. The molecule has 0 bridgehead atoms. The number of ether oxygens (including phenoxy) is 2. The number of anilines is 3. The van der Waals surface area contributed by atoms with Crippen LogP contribution in [-0.2, 0) is 21.3 Å². The number of nitrogens with zero attached hydrogens (tertiary/aromatic N) is 5. The van der Waals surface area contributed by atoms with Gasteiger partial charge in [-0.3, -0.25) is 14.4 Å². The fourth-order valence-corrected chi connectivity index (χ4v) is 3.80. The molecule has 0 fully saturated rings.